The molecule has 1 aromatic rings. The zero-order valence-electron chi connectivity index (χ0n) is 15.8. The molecule has 1 rings (SSSR count). The zero-order valence-corrected chi connectivity index (χ0v) is 15.8. The number of carbonyl (C=O) groups excluding carboxylic acids is 1. The van der Waals surface area contributed by atoms with Gasteiger partial charge in [0.05, 0.1) is 7.11 Å². The van der Waals surface area contributed by atoms with E-state index in [1.807, 2.05) is 12.1 Å². The lowest BCUT2D eigenvalue weighted by atomic mass is 10.1. The van der Waals surface area contributed by atoms with Gasteiger partial charge in [0.25, 0.3) is 0 Å². The minimum Gasteiger partial charge on any atom is -0.497 e. The second-order valence-corrected chi connectivity index (χ2v) is 5.79. The molecule has 6 nitrogen and oxygen atoms in total. The molecular formula is C20H30N4O2. The van der Waals surface area contributed by atoms with Gasteiger partial charge in [-0.2, -0.15) is 0 Å². The van der Waals surface area contributed by atoms with Crippen LogP contribution in [0.25, 0.3) is 0 Å². The minimum atomic E-state index is -0.146. The van der Waals surface area contributed by atoms with Crippen LogP contribution in [0.5, 0.6) is 5.75 Å². The SMILES string of the molecule is C=N/C(N)=C\C=C\C(=O)NCCN(CC)CCCc1ccc(OC)cc1. The number of rotatable bonds is 12. The topological polar surface area (TPSA) is 79.9 Å². The first kappa shape index (κ1) is 21.4. The van der Waals surface area contributed by atoms with Crippen LogP contribution in [-0.4, -0.2) is 50.8 Å². The fourth-order valence-corrected chi connectivity index (χ4v) is 2.41. The number of benzene rings is 1. The van der Waals surface area contributed by atoms with Gasteiger partial charge in [-0.15, -0.1) is 0 Å². The lowest BCUT2D eigenvalue weighted by Crippen LogP contribution is -2.34. The van der Waals surface area contributed by atoms with E-state index in [1.54, 1.807) is 13.2 Å². The van der Waals surface area contributed by atoms with Crippen LogP contribution in [0.1, 0.15) is 18.9 Å². The van der Waals surface area contributed by atoms with Crippen molar-refractivity contribution in [2.24, 2.45) is 10.7 Å². The van der Waals surface area contributed by atoms with E-state index in [-0.39, 0.29) is 11.7 Å². The summed E-state index contributed by atoms with van der Waals surface area (Å²) in [6, 6.07) is 8.18. The summed E-state index contributed by atoms with van der Waals surface area (Å²) in [7, 11) is 1.67. The monoisotopic (exact) mass is 358 g/mol. The summed E-state index contributed by atoms with van der Waals surface area (Å²) in [6.07, 6.45) is 6.63. The van der Waals surface area contributed by atoms with Gasteiger partial charge < -0.3 is 20.7 Å². The molecule has 3 N–H and O–H groups in total. The Morgan fingerprint density at radius 2 is 2.08 bits per heavy atom. The molecule has 1 aromatic carbocycles. The summed E-state index contributed by atoms with van der Waals surface area (Å²) in [6.45, 7) is 8.82. The molecule has 0 bridgehead atoms. The summed E-state index contributed by atoms with van der Waals surface area (Å²) >= 11 is 0. The third-order valence-corrected chi connectivity index (χ3v) is 3.97. The molecule has 0 aliphatic rings. The molecule has 0 aromatic heterocycles. The molecular weight excluding hydrogens is 328 g/mol. The van der Waals surface area contributed by atoms with E-state index in [0.29, 0.717) is 6.54 Å². The second-order valence-electron chi connectivity index (χ2n) is 5.79. The lowest BCUT2D eigenvalue weighted by Gasteiger charge is -2.20. The van der Waals surface area contributed by atoms with Gasteiger partial charge >= 0.3 is 0 Å². The number of allylic oxidation sites excluding steroid dienone is 2. The summed E-state index contributed by atoms with van der Waals surface area (Å²) in [5.74, 6) is 1.02. The third-order valence-electron chi connectivity index (χ3n) is 3.97. The van der Waals surface area contributed by atoms with Gasteiger partial charge in [0.15, 0.2) is 0 Å². The van der Waals surface area contributed by atoms with Crippen molar-refractivity contribution in [3.8, 4) is 5.75 Å². The molecule has 0 heterocycles. The van der Waals surface area contributed by atoms with Gasteiger partial charge in [0, 0.05) is 19.2 Å². The van der Waals surface area contributed by atoms with Crippen LogP contribution in [-0.2, 0) is 11.2 Å². The maximum Gasteiger partial charge on any atom is 0.244 e. The first-order valence-corrected chi connectivity index (χ1v) is 8.82. The molecule has 6 heteroatoms. The summed E-state index contributed by atoms with van der Waals surface area (Å²) in [4.78, 5) is 17.6. The minimum absolute atomic E-state index is 0.146. The van der Waals surface area contributed by atoms with Crippen molar-refractivity contribution in [1.82, 2.24) is 10.2 Å². The number of nitrogens with zero attached hydrogens (tertiary/aromatic N) is 2. The number of nitrogens with two attached hydrogens (primary N) is 1. The Morgan fingerprint density at radius 1 is 1.35 bits per heavy atom. The predicted octanol–water partition coefficient (Wildman–Crippen LogP) is 2.12. The van der Waals surface area contributed by atoms with Crippen molar-refractivity contribution in [2.45, 2.75) is 19.8 Å². The Kier molecular flexibility index (Phi) is 10.5. The number of likely N-dealkylation sites (N-methyl/N-ethyl adjacent to an activating group) is 1. The number of aryl methyl sites for hydroxylation is 1. The first-order chi connectivity index (χ1) is 12.6. The Morgan fingerprint density at radius 3 is 2.69 bits per heavy atom. The van der Waals surface area contributed by atoms with E-state index in [0.717, 1.165) is 38.2 Å². The Balaban J connectivity index is 2.25. The average molecular weight is 358 g/mol. The molecule has 0 aliphatic heterocycles. The van der Waals surface area contributed by atoms with Crippen molar-refractivity contribution < 1.29 is 9.53 Å². The van der Waals surface area contributed by atoms with Gasteiger partial charge in [-0.05, 0) is 56.4 Å². The van der Waals surface area contributed by atoms with Gasteiger partial charge in [-0.25, -0.2) is 4.99 Å². The summed E-state index contributed by atoms with van der Waals surface area (Å²) in [5, 5.41) is 2.86. The Bertz CT molecular complexity index is 609. The van der Waals surface area contributed by atoms with E-state index in [2.05, 4.69) is 41.0 Å². The van der Waals surface area contributed by atoms with Crippen LogP contribution >= 0.6 is 0 Å². The molecule has 142 valence electrons. The predicted molar refractivity (Wildman–Crippen MR) is 107 cm³/mol. The maximum atomic E-state index is 11.7. The maximum absolute atomic E-state index is 11.7. The lowest BCUT2D eigenvalue weighted by molar-refractivity contribution is -0.116. The highest BCUT2D eigenvalue weighted by molar-refractivity contribution is 5.87. The molecule has 26 heavy (non-hydrogen) atoms. The van der Waals surface area contributed by atoms with E-state index < -0.39 is 0 Å². The first-order valence-electron chi connectivity index (χ1n) is 8.82. The quantitative estimate of drug-likeness (QED) is 0.341. The molecule has 0 unspecified atom stereocenters. The van der Waals surface area contributed by atoms with E-state index >= 15 is 0 Å². The molecule has 0 saturated carbocycles. The standard InChI is InChI=1S/C20H30N4O2/c1-4-24(15-6-7-17-10-12-18(26-3)13-11-17)16-14-23-20(25)9-5-8-19(21)22-2/h5,8-13H,2,4,6-7,14-16,21H2,1,3H3,(H,23,25)/b9-5+,19-8-. The van der Waals surface area contributed by atoms with Crippen molar-refractivity contribution >= 4 is 12.6 Å². The van der Waals surface area contributed by atoms with Crippen molar-refractivity contribution in [3.63, 3.8) is 0 Å². The van der Waals surface area contributed by atoms with E-state index in [4.69, 9.17) is 10.5 Å². The number of aliphatic imine (C=N–C) groups is 1. The van der Waals surface area contributed by atoms with E-state index in [9.17, 15) is 4.79 Å². The number of hydrogen-bond acceptors (Lipinski definition) is 5. The van der Waals surface area contributed by atoms with Gasteiger partial charge in [0.2, 0.25) is 5.91 Å². The number of carbonyl (C=O) groups is 1. The van der Waals surface area contributed by atoms with Crippen LogP contribution in [0.4, 0.5) is 0 Å². The molecule has 1 amide bonds. The van der Waals surface area contributed by atoms with Crippen LogP contribution in [0.15, 0.2) is 53.3 Å². The van der Waals surface area contributed by atoms with Gasteiger partial charge in [0.1, 0.15) is 11.6 Å². The van der Waals surface area contributed by atoms with E-state index in [1.165, 1.54) is 17.7 Å². The smallest absolute Gasteiger partial charge is 0.244 e. The number of methoxy groups -OCH3 is 1. The highest BCUT2D eigenvalue weighted by atomic mass is 16.5. The number of nitrogens with one attached hydrogen (secondary N) is 1. The zero-order chi connectivity index (χ0) is 19.2. The van der Waals surface area contributed by atoms with Crippen LogP contribution < -0.4 is 15.8 Å². The van der Waals surface area contributed by atoms with Crippen LogP contribution in [0.3, 0.4) is 0 Å². The normalized spacial score (nSPS) is 11.7. The van der Waals surface area contributed by atoms with Crippen LogP contribution in [0.2, 0.25) is 0 Å². The van der Waals surface area contributed by atoms with Gasteiger partial charge in [-0.1, -0.05) is 25.1 Å². The van der Waals surface area contributed by atoms with Crippen molar-refractivity contribution in [2.75, 3.05) is 33.3 Å². The molecule has 0 aliphatic carbocycles. The summed E-state index contributed by atoms with van der Waals surface area (Å²) < 4.78 is 5.17. The summed E-state index contributed by atoms with van der Waals surface area (Å²) in [5.41, 5.74) is 6.76. The number of ether oxygens (including phenoxy) is 1. The largest absolute Gasteiger partial charge is 0.497 e. The van der Waals surface area contributed by atoms with Gasteiger partial charge in [-0.3, -0.25) is 4.79 Å². The number of hydrogen-bond donors (Lipinski definition) is 2. The Hall–Kier alpha value is -2.60. The molecule has 0 fully saturated rings. The molecule has 0 radical (unpaired) electrons. The third kappa shape index (κ3) is 9.03. The second kappa shape index (κ2) is 12.7. The van der Waals surface area contributed by atoms with Crippen molar-refractivity contribution in [3.05, 3.63) is 53.9 Å². The fraction of sp³-hybridized carbons (Fsp3) is 0.400. The molecule has 0 spiro atoms. The average Bonchev–Trinajstić information content (AvgIpc) is 2.67. The Labute approximate surface area is 156 Å². The highest BCUT2D eigenvalue weighted by Gasteiger charge is 2.03. The molecule has 0 atom stereocenters. The van der Waals surface area contributed by atoms with Crippen molar-refractivity contribution in [1.29, 1.82) is 0 Å². The highest BCUT2D eigenvalue weighted by Crippen LogP contribution is 2.12. The van der Waals surface area contributed by atoms with Crippen LogP contribution in [0, 0.1) is 0 Å². The fourth-order valence-electron chi connectivity index (χ4n) is 2.41. The number of amides is 1. The molecule has 0 saturated heterocycles.